The number of carbonyl (C=O) groups is 2. The second-order valence-corrected chi connectivity index (χ2v) is 9.56. The fourth-order valence-corrected chi connectivity index (χ4v) is 5.03. The molecule has 0 radical (unpaired) electrons. The van der Waals surface area contributed by atoms with E-state index < -0.39 is 22.5 Å². The summed E-state index contributed by atoms with van der Waals surface area (Å²) in [5, 5.41) is 9.33. The number of carbonyl (C=O) groups excluding carboxylic acids is 1. The molecular formula is C23H28N2O5S. The van der Waals surface area contributed by atoms with Crippen LogP contribution in [0.25, 0.3) is 0 Å². The quantitative estimate of drug-likeness (QED) is 0.636. The number of piperidine rings is 1. The molecule has 1 aliphatic heterocycles. The molecule has 1 N–H and O–H groups in total. The van der Waals surface area contributed by atoms with Crippen LogP contribution in [-0.4, -0.2) is 44.9 Å². The summed E-state index contributed by atoms with van der Waals surface area (Å²) in [5.74, 6) is -0.992. The summed E-state index contributed by atoms with van der Waals surface area (Å²) < 4.78 is 27.4. The Hall–Kier alpha value is -2.87. The van der Waals surface area contributed by atoms with Gasteiger partial charge < -0.3 is 10.0 Å². The van der Waals surface area contributed by atoms with E-state index in [2.05, 4.69) is 11.8 Å². The van der Waals surface area contributed by atoms with Gasteiger partial charge in [0.1, 0.15) is 12.3 Å². The predicted molar refractivity (Wildman–Crippen MR) is 120 cm³/mol. The third-order valence-electron chi connectivity index (χ3n) is 5.43. The van der Waals surface area contributed by atoms with Gasteiger partial charge in [-0.05, 0) is 54.8 Å². The summed E-state index contributed by atoms with van der Waals surface area (Å²) in [6.07, 6.45) is 3.94. The standard InChI is InChI=1S/C23H28N2O5S/c1-2-3-4-18-5-11-22(12-6-18)31(29,30)25(17-23(27)28)20-9-7-19(8-10-20)24-15-13-21(26)14-16-24/h5-12H,2-4,13-17H2,1H3,(H,27,28). The molecule has 166 valence electrons. The minimum atomic E-state index is -4.04. The Morgan fingerprint density at radius 3 is 2.19 bits per heavy atom. The van der Waals surface area contributed by atoms with Crippen molar-refractivity contribution in [3.05, 3.63) is 54.1 Å². The van der Waals surface area contributed by atoms with E-state index in [4.69, 9.17) is 0 Å². The van der Waals surface area contributed by atoms with Crippen LogP contribution in [0.15, 0.2) is 53.4 Å². The Kier molecular flexibility index (Phi) is 7.33. The number of benzene rings is 2. The molecule has 2 aromatic carbocycles. The van der Waals surface area contributed by atoms with Gasteiger partial charge >= 0.3 is 5.97 Å². The van der Waals surface area contributed by atoms with E-state index in [9.17, 15) is 23.1 Å². The zero-order valence-corrected chi connectivity index (χ0v) is 18.5. The number of anilines is 2. The number of carboxylic acids is 1. The highest BCUT2D eigenvalue weighted by atomic mass is 32.2. The summed E-state index contributed by atoms with van der Waals surface area (Å²) >= 11 is 0. The molecule has 0 amide bonds. The van der Waals surface area contributed by atoms with Crippen molar-refractivity contribution in [3.63, 3.8) is 0 Å². The lowest BCUT2D eigenvalue weighted by molar-refractivity contribution is -0.135. The molecule has 0 bridgehead atoms. The number of sulfonamides is 1. The summed E-state index contributed by atoms with van der Waals surface area (Å²) in [7, 11) is -4.04. The highest BCUT2D eigenvalue weighted by molar-refractivity contribution is 7.92. The minimum Gasteiger partial charge on any atom is -0.480 e. The van der Waals surface area contributed by atoms with Gasteiger partial charge in [-0.3, -0.25) is 13.9 Å². The molecule has 7 nitrogen and oxygen atoms in total. The van der Waals surface area contributed by atoms with Crippen molar-refractivity contribution >= 4 is 33.2 Å². The highest BCUT2D eigenvalue weighted by Crippen LogP contribution is 2.27. The number of hydrogen-bond donors (Lipinski definition) is 1. The third kappa shape index (κ3) is 5.64. The van der Waals surface area contributed by atoms with Crippen LogP contribution < -0.4 is 9.21 Å². The number of hydrogen-bond acceptors (Lipinski definition) is 5. The van der Waals surface area contributed by atoms with Crippen molar-refractivity contribution in [3.8, 4) is 0 Å². The lowest BCUT2D eigenvalue weighted by atomic mass is 10.1. The van der Waals surface area contributed by atoms with E-state index >= 15 is 0 Å². The van der Waals surface area contributed by atoms with E-state index in [1.54, 1.807) is 36.4 Å². The SMILES string of the molecule is CCCCc1ccc(S(=O)(=O)N(CC(=O)O)c2ccc(N3CCC(=O)CC3)cc2)cc1. The minimum absolute atomic E-state index is 0.0626. The molecule has 0 aromatic heterocycles. The lowest BCUT2D eigenvalue weighted by Crippen LogP contribution is -2.36. The molecule has 8 heteroatoms. The van der Waals surface area contributed by atoms with E-state index in [1.807, 2.05) is 0 Å². The smallest absolute Gasteiger partial charge is 0.324 e. The number of aryl methyl sites for hydroxylation is 1. The number of carboxylic acid groups (broad SMARTS) is 1. The Balaban J connectivity index is 1.85. The summed E-state index contributed by atoms with van der Waals surface area (Å²) in [5.41, 5.74) is 2.22. The van der Waals surface area contributed by atoms with Crippen molar-refractivity contribution in [1.82, 2.24) is 0 Å². The van der Waals surface area contributed by atoms with Gasteiger partial charge in [-0.1, -0.05) is 25.5 Å². The van der Waals surface area contributed by atoms with Gasteiger partial charge in [-0.25, -0.2) is 8.42 Å². The van der Waals surface area contributed by atoms with Crippen molar-refractivity contribution < 1.29 is 23.1 Å². The van der Waals surface area contributed by atoms with Gasteiger partial charge in [0.2, 0.25) is 0 Å². The van der Waals surface area contributed by atoms with Gasteiger partial charge in [-0.2, -0.15) is 0 Å². The molecule has 2 aromatic rings. The number of rotatable bonds is 9. The Morgan fingerprint density at radius 1 is 1.03 bits per heavy atom. The Bertz CT molecular complexity index is 1010. The Morgan fingerprint density at radius 2 is 1.65 bits per heavy atom. The van der Waals surface area contributed by atoms with Crippen LogP contribution in [0.5, 0.6) is 0 Å². The molecule has 0 aliphatic carbocycles. The topological polar surface area (TPSA) is 95.0 Å². The normalized spacial score (nSPS) is 14.5. The number of Topliss-reactive ketones (excluding diaryl/α,β-unsaturated/α-hetero) is 1. The third-order valence-corrected chi connectivity index (χ3v) is 7.22. The predicted octanol–water partition coefficient (Wildman–Crippen LogP) is 3.48. The maximum atomic E-state index is 13.2. The van der Waals surface area contributed by atoms with Gasteiger partial charge in [-0.15, -0.1) is 0 Å². The molecule has 3 rings (SSSR count). The average Bonchev–Trinajstić information content (AvgIpc) is 2.77. The van der Waals surface area contributed by atoms with E-state index in [0.29, 0.717) is 25.9 Å². The largest absolute Gasteiger partial charge is 0.480 e. The Labute approximate surface area is 183 Å². The maximum absolute atomic E-state index is 13.2. The zero-order valence-electron chi connectivity index (χ0n) is 17.7. The van der Waals surface area contributed by atoms with Crippen LogP contribution in [0.1, 0.15) is 38.2 Å². The summed E-state index contributed by atoms with van der Waals surface area (Å²) in [4.78, 5) is 25.0. The molecule has 0 atom stereocenters. The zero-order chi connectivity index (χ0) is 22.4. The first kappa shape index (κ1) is 22.8. The van der Waals surface area contributed by atoms with Gasteiger partial charge in [0.25, 0.3) is 10.0 Å². The summed E-state index contributed by atoms with van der Waals surface area (Å²) in [6, 6.07) is 13.4. The molecule has 0 unspecified atom stereocenters. The first-order valence-corrected chi connectivity index (χ1v) is 12.0. The number of nitrogens with zero attached hydrogens (tertiary/aromatic N) is 2. The van der Waals surface area contributed by atoms with E-state index in [-0.39, 0.29) is 16.4 Å². The van der Waals surface area contributed by atoms with Crippen molar-refractivity contribution in [1.29, 1.82) is 0 Å². The molecule has 1 saturated heterocycles. The maximum Gasteiger partial charge on any atom is 0.324 e. The first-order valence-electron chi connectivity index (χ1n) is 10.5. The monoisotopic (exact) mass is 444 g/mol. The van der Waals surface area contributed by atoms with Crippen LogP contribution >= 0.6 is 0 Å². The van der Waals surface area contributed by atoms with Crippen molar-refractivity contribution in [2.75, 3.05) is 28.8 Å². The van der Waals surface area contributed by atoms with Crippen LogP contribution in [0.3, 0.4) is 0 Å². The first-order chi connectivity index (χ1) is 14.8. The number of aliphatic carboxylic acids is 1. The molecule has 1 fully saturated rings. The van der Waals surface area contributed by atoms with Crippen molar-refractivity contribution in [2.45, 2.75) is 43.9 Å². The molecule has 31 heavy (non-hydrogen) atoms. The van der Waals surface area contributed by atoms with Crippen molar-refractivity contribution in [2.24, 2.45) is 0 Å². The van der Waals surface area contributed by atoms with Crippen LogP contribution in [-0.2, 0) is 26.0 Å². The van der Waals surface area contributed by atoms with Crippen LogP contribution in [0.4, 0.5) is 11.4 Å². The number of unbranched alkanes of at least 4 members (excludes halogenated alkanes) is 1. The van der Waals surface area contributed by atoms with E-state index in [0.717, 1.165) is 34.8 Å². The molecule has 1 aliphatic rings. The molecule has 0 spiro atoms. The van der Waals surface area contributed by atoms with Crippen LogP contribution in [0.2, 0.25) is 0 Å². The van der Waals surface area contributed by atoms with Gasteiger partial charge in [0.15, 0.2) is 0 Å². The fourth-order valence-electron chi connectivity index (χ4n) is 3.62. The lowest BCUT2D eigenvalue weighted by Gasteiger charge is -2.29. The number of ketones is 1. The van der Waals surface area contributed by atoms with Gasteiger partial charge in [0, 0.05) is 31.6 Å². The average molecular weight is 445 g/mol. The second-order valence-electron chi connectivity index (χ2n) is 7.70. The van der Waals surface area contributed by atoms with Gasteiger partial charge in [0.05, 0.1) is 10.6 Å². The molecular weight excluding hydrogens is 416 g/mol. The fraction of sp³-hybridized carbons (Fsp3) is 0.391. The molecule has 0 saturated carbocycles. The highest BCUT2D eigenvalue weighted by Gasteiger charge is 2.27. The van der Waals surface area contributed by atoms with Crippen LogP contribution in [0, 0.1) is 0 Å². The summed E-state index contributed by atoms with van der Waals surface area (Å²) in [6.45, 7) is 2.68. The second kappa shape index (κ2) is 9.96. The van der Waals surface area contributed by atoms with E-state index in [1.165, 1.54) is 12.1 Å². The molecule has 1 heterocycles.